The Morgan fingerprint density at radius 1 is 0.981 bits per heavy atom. The molecule has 3 aliphatic carbocycles. The second-order valence-corrected chi connectivity index (χ2v) is 18.4. The number of fused-ring (bicyclic) bond motifs is 2. The van der Waals surface area contributed by atoms with Crippen LogP contribution in [-0.2, 0) is 23.7 Å². The van der Waals surface area contributed by atoms with E-state index < -0.39 is 27.8 Å². The van der Waals surface area contributed by atoms with Gasteiger partial charge in [-0.3, -0.25) is 9.79 Å². The molecule has 53 heavy (non-hydrogen) atoms. The Morgan fingerprint density at radius 2 is 1.60 bits per heavy atom. The van der Waals surface area contributed by atoms with Crippen molar-refractivity contribution in [2.75, 3.05) is 34.4 Å². The van der Waals surface area contributed by atoms with Crippen LogP contribution in [0.25, 0.3) is 0 Å². The lowest BCUT2D eigenvalue weighted by Crippen LogP contribution is -2.65. The van der Waals surface area contributed by atoms with Gasteiger partial charge >= 0.3 is 0 Å². The number of Topliss-reactive ketones (excluding diaryl/α,β-unsaturated/α-hetero) is 1. The summed E-state index contributed by atoms with van der Waals surface area (Å²) in [7, 11) is 5.27. The predicted molar refractivity (Wildman–Crippen MR) is 215 cm³/mol. The highest BCUT2D eigenvalue weighted by atomic mass is 16.7. The van der Waals surface area contributed by atoms with Gasteiger partial charge in [0.05, 0.1) is 28.8 Å². The lowest BCUT2D eigenvalue weighted by molar-refractivity contribution is -0.237. The van der Waals surface area contributed by atoms with Crippen LogP contribution in [-0.4, -0.2) is 108 Å². The maximum Gasteiger partial charge on any atom is 0.159 e. The van der Waals surface area contributed by atoms with Crippen LogP contribution in [0.1, 0.15) is 142 Å². The number of hydrogen-bond acceptors (Lipinski definition) is 9. The molecule has 1 spiro atoms. The monoisotopic (exact) mass is 751 g/mol. The minimum Gasteiger partial charge on any atom is -0.400 e. The minimum atomic E-state index is -1.30. The molecule has 0 amide bonds. The van der Waals surface area contributed by atoms with Crippen LogP contribution in [0.3, 0.4) is 0 Å². The lowest BCUT2D eigenvalue weighted by Gasteiger charge is -2.57. The molecule has 3 saturated carbocycles. The highest BCUT2D eigenvalue weighted by Crippen LogP contribution is 2.68. The fourth-order valence-electron chi connectivity index (χ4n) is 11.1. The molecule has 5 fully saturated rings. The highest BCUT2D eigenvalue weighted by Gasteiger charge is 2.77. The van der Waals surface area contributed by atoms with Crippen LogP contribution in [0, 0.1) is 46.8 Å². The fraction of sp³-hybridized carbons (Fsp3) is 0.955. The maximum absolute atomic E-state index is 15.0. The average molecular weight is 751 g/mol. The van der Waals surface area contributed by atoms with Gasteiger partial charge in [0, 0.05) is 63.1 Å². The van der Waals surface area contributed by atoms with E-state index in [1.807, 2.05) is 20.8 Å². The van der Waals surface area contributed by atoms with Gasteiger partial charge < -0.3 is 34.1 Å². The van der Waals surface area contributed by atoms with Crippen molar-refractivity contribution < 1.29 is 34.0 Å². The summed E-state index contributed by atoms with van der Waals surface area (Å²) in [5, 5.41) is 20.5. The van der Waals surface area contributed by atoms with Crippen molar-refractivity contribution in [2.24, 2.45) is 51.8 Å². The molecular weight excluding hydrogens is 668 g/mol. The Hall–Kier alpha value is -0.940. The standard InChI is InChI=1S/C41H72N2O6.C2H6.CH4O/c1-15-17-42-33-22-41(39(12,49-41)36(24(3)4)48-34-20-31(43(13)14)18-25(5)47-34)23-40(45)21-30-19-32(30)27(7)35(44)37(40,10)29(9)38(11,46-16-2)28(8)26(33)6;2*1-2/h24-32,34,36,45H,15-23H2,1-14H3;1-2H3;2H,1H3/t25?,26?,27?,28?,29?,30?,31?,32-,34?,36-,37?,38+,39+,40?,41?;;/m1../s1. The molecule has 0 radical (unpaired) electrons. The SMILES string of the molecule is CC.CCCN=C1CC2(CC3(O)CC4C[C@@H]4C(C)C(=O)C3(C)C(C)[C@@](C)(OCC)C(C)C1C)O[C@@]2(C)[C@H](OC1CC(N(C)C)CC(C)O1)C(C)C.CO. The normalized spacial score (nSPS) is 46.7. The number of ether oxygens (including phenoxy) is 4. The zero-order valence-corrected chi connectivity index (χ0v) is 37.0. The summed E-state index contributed by atoms with van der Waals surface area (Å²) in [4.78, 5) is 22.6. The first-order valence-corrected chi connectivity index (χ1v) is 21.3. The van der Waals surface area contributed by atoms with Crippen LogP contribution >= 0.6 is 0 Å². The number of carbonyl (C=O) groups is 1. The van der Waals surface area contributed by atoms with Crippen LogP contribution in [0.2, 0.25) is 0 Å². The van der Waals surface area contributed by atoms with E-state index in [1.54, 1.807) is 0 Å². The zero-order chi connectivity index (χ0) is 40.5. The molecule has 11 unspecified atom stereocenters. The van der Waals surface area contributed by atoms with Crippen LogP contribution in [0.5, 0.6) is 0 Å². The van der Waals surface area contributed by atoms with E-state index in [1.165, 1.54) is 0 Å². The molecule has 0 aromatic rings. The number of hydrogen-bond donors (Lipinski definition) is 2. The van der Waals surface area contributed by atoms with Gasteiger partial charge in [0.1, 0.15) is 17.0 Å². The fourth-order valence-corrected chi connectivity index (χ4v) is 11.1. The first-order valence-electron chi connectivity index (χ1n) is 21.3. The second kappa shape index (κ2) is 17.7. The summed E-state index contributed by atoms with van der Waals surface area (Å²) in [6, 6.07) is 0.375. The van der Waals surface area contributed by atoms with E-state index in [0.717, 1.165) is 45.0 Å². The number of nitrogens with zero attached hydrogens (tertiary/aromatic N) is 2. The van der Waals surface area contributed by atoms with E-state index >= 15 is 0 Å². The van der Waals surface area contributed by atoms with Crippen molar-refractivity contribution in [3.8, 4) is 0 Å². The number of carbonyl (C=O) groups excluding carboxylic acids is 1. The smallest absolute Gasteiger partial charge is 0.159 e. The van der Waals surface area contributed by atoms with Crippen molar-refractivity contribution in [2.45, 2.75) is 189 Å². The van der Waals surface area contributed by atoms with Crippen molar-refractivity contribution in [3.05, 3.63) is 0 Å². The van der Waals surface area contributed by atoms with Gasteiger partial charge in [-0.25, -0.2) is 0 Å². The molecule has 9 nitrogen and oxygen atoms in total. The van der Waals surface area contributed by atoms with E-state index in [9.17, 15) is 9.90 Å². The second-order valence-electron chi connectivity index (χ2n) is 18.4. The number of aliphatic hydroxyl groups excluding tert-OH is 1. The summed E-state index contributed by atoms with van der Waals surface area (Å²) >= 11 is 0. The Morgan fingerprint density at radius 3 is 2.15 bits per heavy atom. The quantitative estimate of drug-likeness (QED) is 0.228. The van der Waals surface area contributed by atoms with E-state index in [2.05, 4.69) is 95.2 Å². The van der Waals surface area contributed by atoms with Gasteiger partial charge in [-0.2, -0.15) is 0 Å². The van der Waals surface area contributed by atoms with Crippen LogP contribution in [0.4, 0.5) is 0 Å². The minimum absolute atomic E-state index is 0.0393. The van der Waals surface area contributed by atoms with Crippen molar-refractivity contribution in [1.82, 2.24) is 4.90 Å². The summed E-state index contributed by atoms with van der Waals surface area (Å²) in [6.07, 6.45) is 4.77. The topological polar surface area (TPSA) is 113 Å². The number of epoxide rings is 1. The molecule has 310 valence electrons. The number of rotatable bonds is 9. The molecule has 2 heterocycles. The van der Waals surface area contributed by atoms with E-state index in [-0.39, 0.29) is 53.9 Å². The van der Waals surface area contributed by atoms with Gasteiger partial charge in [-0.1, -0.05) is 62.3 Å². The predicted octanol–water partition coefficient (Wildman–Crippen LogP) is 7.98. The van der Waals surface area contributed by atoms with E-state index in [4.69, 9.17) is 29.0 Å². The summed E-state index contributed by atoms with van der Waals surface area (Å²) in [5.41, 5.74) is -3.33. The molecule has 0 bridgehead atoms. The van der Waals surface area contributed by atoms with Gasteiger partial charge in [0.15, 0.2) is 6.29 Å². The molecule has 0 aromatic heterocycles. The van der Waals surface area contributed by atoms with Gasteiger partial charge in [-0.15, -0.1) is 0 Å². The highest BCUT2D eigenvalue weighted by molar-refractivity contribution is 5.91. The number of aliphatic hydroxyl groups is 2. The lowest BCUT2D eigenvalue weighted by atomic mass is 9.51. The van der Waals surface area contributed by atoms with Crippen molar-refractivity contribution >= 4 is 11.5 Å². The third-order valence-corrected chi connectivity index (χ3v) is 15.0. The van der Waals surface area contributed by atoms with Gasteiger partial charge in [0.25, 0.3) is 0 Å². The van der Waals surface area contributed by atoms with Gasteiger partial charge in [-0.05, 0) is 104 Å². The Bertz CT molecular complexity index is 1240. The Kier molecular flexibility index (Phi) is 15.5. The molecule has 2 saturated heterocycles. The summed E-state index contributed by atoms with van der Waals surface area (Å²) in [6.45, 7) is 31.4. The molecule has 5 rings (SSSR count). The molecule has 2 N–H and O–H groups in total. The molecule has 2 aliphatic heterocycles. The summed E-state index contributed by atoms with van der Waals surface area (Å²) < 4.78 is 27.5. The third-order valence-electron chi connectivity index (χ3n) is 15.0. The Labute approximate surface area is 324 Å². The third kappa shape index (κ3) is 8.39. The number of ketones is 1. The van der Waals surface area contributed by atoms with Crippen molar-refractivity contribution in [1.29, 1.82) is 0 Å². The van der Waals surface area contributed by atoms with E-state index in [0.29, 0.717) is 43.7 Å². The van der Waals surface area contributed by atoms with Crippen LogP contribution in [0.15, 0.2) is 4.99 Å². The number of aliphatic imine (C=N–C) groups is 1. The molecule has 9 heteroatoms. The first-order chi connectivity index (χ1) is 24.7. The first kappa shape index (κ1) is 46.4. The molecule has 15 atom stereocenters. The molecular formula is C44H82N2O7. The Balaban J connectivity index is 0.00000183. The molecule has 5 aliphatic rings. The largest absolute Gasteiger partial charge is 0.400 e. The maximum atomic E-state index is 15.0. The molecule has 0 aromatic carbocycles. The zero-order valence-electron chi connectivity index (χ0n) is 37.0. The van der Waals surface area contributed by atoms with Crippen molar-refractivity contribution in [3.63, 3.8) is 0 Å². The van der Waals surface area contributed by atoms with Crippen LogP contribution < -0.4 is 0 Å². The average Bonchev–Trinajstić information content (AvgIpc) is 4.02. The summed E-state index contributed by atoms with van der Waals surface area (Å²) in [5.74, 6) is 0.764. The van der Waals surface area contributed by atoms with Gasteiger partial charge in [0.2, 0.25) is 0 Å².